The van der Waals surface area contributed by atoms with E-state index < -0.39 is 23.4 Å². The lowest BCUT2D eigenvalue weighted by Gasteiger charge is -2.10. The quantitative estimate of drug-likeness (QED) is 0.662. The van der Waals surface area contributed by atoms with Crippen LogP contribution in [0.2, 0.25) is 0 Å². The summed E-state index contributed by atoms with van der Waals surface area (Å²) in [5.41, 5.74) is 2.38. The van der Waals surface area contributed by atoms with Crippen molar-refractivity contribution in [3.63, 3.8) is 0 Å². The zero-order chi connectivity index (χ0) is 19.6. The lowest BCUT2D eigenvalue weighted by Crippen LogP contribution is -2.15. The molecule has 0 spiro atoms. The minimum Gasteiger partial charge on any atom is -0.336 e. The third-order valence-electron chi connectivity index (χ3n) is 4.04. The van der Waals surface area contributed by atoms with Crippen LogP contribution in [0.1, 0.15) is 21.6 Å². The molecule has 1 heterocycles. The van der Waals surface area contributed by atoms with E-state index in [0.29, 0.717) is 5.69 Å². The number of anilines is 3. The fourth-order valence-corrected chi connectivity index (χ4v) is 2.34. The molecule has 0 bridgehead atoms. The van der Waals surface area contributed by atoms with E-state index in [1.165, 1.54) is 12.4 Å². The van der Waals surface area contributed by atoms with Crippen LogP contribution in [0.5, 0.6) is 0 Å². The van der Waals surface area contributed by atoms with Crippen molar-refractivity contribution in [3.05, 3.63) is 77.0 Å². The van der Waals surface area contributed by atoms with Crippen LogP contribution < -0.4 is 10.6 Å². The van der Waals surface area contributed by atoms with Gasteiger partial charge in [-0.1, -0.05) is 12.1 Å². The molecule has 138 valence electrons. The normalized spacial score (nSPS) is 10.6. The van der Waals surface area contributed by atoms with Crippen LogP contribution in [-0.2, 0) is 0 Å². The highest BCUT2D eigenvalue weighted by Crippen LogP contribution is 2.22. The maximum Gasteiger partial charge on any atom is 0.275 e. The molecule has 1 amide bonds. The molecule has 5 nitrogen and oxygen atoms in total. The predicted octanol–water partition coefficient (Wildman–Crippen LogP) is 4.51. The number of hydrogen-bond acceptors (Lipinski definition) is 4. The van der Waals surface area contributed by atoms with Crippen molar-refractivity contribution >= 4 is 23.1 Å². The van der Waals surface area contributed by atoms with E-state index in [9.17, 15) is 18.0 Å². The van der Waals surface area contributed by atoms with Crippen LogP contribution in [0, 0.1) is 31.3 Å². The van der Waals surface area contributed by atoms with E-state index in [-0.39, 0.29) is 17.2 Å². The molecule has 0 unspecified atom stereocenters. The van der Waals surface area contributed by atoms with Crippen LogP contribution in [0.25, 0.3) is 0 Å². The first-order valence-electron chi connectivity index (χ1n) is 7.97. The van der Waals surface area contributed by atoms with Gasteiger partial charge >= 0.3 is 0 Å². The number of carbonyl (C=O) groups is 1. The lowest BCUT2D eigenvalue weighted by atomic mass is 10.1. The number of amides is 1. The molecular weight excluding hydrogens is 357 g/mol. The lowest BCUT2D eigenvalue weighted by molar-refractivity contribution is 0.102. The smallest absolute Gasteiger partial charge is 0.275 e. The summed E-state index contributed by atoms with van der Waals surface area (Å²) in [4.78, 5) is 20.2. The Morgan fingerprint density at radius 1 is 0.926 bits per heavy atom. The van der Waals surface area contributed by atoms with Gasteiger partial charge < -0.3 is 10.6 Å². The topological polar surface area (TPSA) is 66.9 Å². The average Bonchev–Trinajstić information content (AvgIpc) is 2.66. The first-order valence-corrected chi connectivity index (χ1v) is 7.97. The molecule has 0 saturated carbocycles. The molecular formula is C19H15F3N4O. The van der Waals surface area contributed by atoms with E-state index in [1.54, 1.807) is 6.07 Å². The van der Waals surface area contributed by atoms with E-state index in [2.05, 4.69) is 20.6 Å². The summed E-state index contributed by atoms with van der Waals surface area (Å²) in [5, 5.41) is 5.23. The van der Waals surface area contributed by atoms with Gasteiger partial charge in [-0.15, -0.1) is 0 Å². The average molecular weight is 372 g/mol. The molecule has 3 rings (SSSR count). The summed E-state index contributed by atoms with van der Waals surface area (Å²) in [6, 6.07) is 7.36. The second-order valence-electron chi connectivity index (χ2n) is 5.84. The zero-order valence-electron chi connectivity index (χ0n) is 14.5. The second-order valence-corrected chi connectivity index (χ2v) is 5.84. The molecule has 0 fully saturated rings. The number of aryl methyl sites for hydroxylation is 1. The van der Waals surface area contributed by atoms with Gasteiger partial charge in [-0.3, -0.25) is 4.79 Å². The van der Waals surface area contributed by atoms with Crippen molar-refractivity contribution in [3.8, 4) is 0 Å². The molecule has 1 aromatic heterocycles. The Kier molecular flexibility index (Phi) is 5.07. The van der Waals surface area contributed by atoms with E-state index in [1.807, 2.05) is 26.0 Å². The van der Waals surface area contributed by atoms with Crippen LogP contribution >= 0.6 is 0 Å². The maximum absolute atomic E-state index is 13.7. The van der Waals surface area contributed by atoms with Gasteiger partial charge in [0.2, 0.25) is 0 Å². The summed E-state index contributed by atoms with van der Waals surface area (Å²) >= 11 is 0. The van der Waals surface area contributed by atoms with E-state index in [0.717, 1.165) is 23.3 Å². The maximum atomic E-state index is 13.7. The fraction of sp³-hybridized carbons (Fsp3) is 0.105. The van der Waals surface area contributed by atoms with Crippen molar-refractivity contribution < 1.29 is 18.0 Å². The minimum absolute atomic E-state index is 0.0483. The van der Waals surface area contributed by atoms with Gasteiger partial charge in [-0.25, -0.2) is 23.1 Å². The Labute approximate surface area is 153 Å². The number of aromatic nitrogens is 2. The Bertz CT molecular complexity index is 1010. The highest BCUT2D eigenvalue weighted by Gasteiger charge is 2.15. The van der Waals surface area contributed by atoms with Crippen molar-refractivity contribution in [1.29, 1.82) is 0 Å². The van der Waals surface area contributed by atoms with Gasteiger partial charge in [0.15, 0.2) is 17.5 Å². The van der Waals surface area contributed by atoms with Gasteiger partial charge in [0.1, 0.15) is 11.5 Å². The third kappa shape index (κ3) is 3.89. The second kappa shape index (κ2) is 7.45. The van der Waals surface area contributed by atoms with Crippen molar-refractivity contribution in [2.24, 2.45) is 0 Å². The summed E-state index contributed by atoms with van der Waals surface area (Å²) in [6.07, 6.45) is 2.39. The predicted molar refractivity (Wildman–Crippen MR) is 95.5 cm³/mol. The monoisotopic (exact) mass is 372 g/mol. The van der Waals surface area contributed by atoms with E-state index in [4.69, 9.17) is 0 Å². The Morgan fingerprint density at radius 2 is 1.70 bits per heavy atom. The fourth-order valence-electron chi connectivity index (χ4n) is 2.34. The number of hydrogen-bond donors (Lipinski definition) is 2. The standard InChI is InChI=1S/C19H15F3N4O/c1-10-4-3-5-13(11(10)2)26-19(27)15-8-24-16(9-23-15)25-14-7-6-12(20)17(21)18(14)22/h3-9H,1-2H3,(H,24,25)(H,26,27). The largest absolute Gasteiger partial charge is 0.336 e. The number of benzene rings is 2. The number of nitrogens with one attached hydrogen (secondary N) is 2. The number of nitrogens with zero attached hydrogens (tertiary/aromatic N) is 2. The molecule has 8 heteroatoms. The van der Waals surface area contributed by atoms with Crippen LogP contribution in [0.15, 0.2) is 42.7 Å². The van der Waals surface area contributed by atoms with Gasteiger partial charge in [0, 0.05) is 5.69 Å². The first-order chi connectivity index (χ1) is 12.9. The highest BCUT2D eigenvalue weighted by molar-refractivity contribution is 6.03. The van der Waals surface area contributed by atoms with E-state index >= 15 is 0 Å². The molecule has 0 aliphatic rings. The molecule has 27 heavy (non-hydrogen) atoms. The molecule has 0 saturated heterocycles. The van der Waals surface area contributed by atoms with Gasteiger partial charge in [0.25, 0.3) is 5.91 Å². The SMILES string of the molecule is Cc1cccc(NC(=O)c2cnc(Nc3ccc(F)c(F)c3F)cn2)c1C. The van der Waals surface area contributed by atoms with Crippen LogP contribution in [-0.4, -0.2) is 15.9 Å². The van der Waals surface area contributed by atoms with Gasteiger partial charge in [-0.05, 0) is 43.2 Å². The molecule has 0 atom stereocenters. The van der Waals surface area contributed by atoms with Crippen molar-refractivity contribution in [1.82, 2.24) is 9.97 Å². The summed E-state index contributed by atoms with van der Waals surface area (Å²) < 4.78 is 39.9. The molecule has 0 radical (unpaired) electrons. The summed E-state index contributed by atoms with van der Waals surface area (Å²) in [7, 11) is 0. The molecule has 0 aliphatic carbocycles. The third-order valence-corrected chi connectivity index (χ3v) is 4.04. The number of rotatable bonds is 4. The Balaban J connectivity index is 1.74. The first kappa shape index (κ1) is 18.4. The Morgan fingerprint density at radius 3 is 2.41 bits per heavy atom. The summed E-state index contributed by atoms with van der Waals surface area (Å²) in [5.74, 6) is -4.63. The molecule has 0 aliphatic heterocycles. The van der Waals surface area contributed by atoms with Crippen LogP contribution in [0.3, 0.4) is 0 Å². The molecule has 3 aromatic rings. The van der Waals surface area contributed by atoms with Crippen LogP contribution in [0.4, 0.5) is 30.4 Å². The number of carbonyl (C=O) groups excluding carboxylic acids is 1. The molecule has 2 aromatic carbocycles. The van der Waals surface area contributed by atoms with Crippen molar-refractivity contribution in [2.45, 2.75) is 13.8 Å². The van der Waals surface area contributed by atoms with Gasteiger partial charge in [-0.2, -0.15) is 0 Å². The highest BCUT2D eigenvalue weighted by atomic mass is 19.2. The number of halogens is 3. The zero-order valence-corrected chi connectivity index (χ0v) is 14.5. The van der Waals surface area contributed by atoms with Crippen molar-refractivity contribution in [2.75, 3.05) is 10.6 Å². The molecule has 2 N–H and O–H groups in total. The summed E-state index contributed by atoms with van der Waals surface area (Å²) in [6.45, 7) is 3.82. The minimum atomic E-state index is -1.59. The Hall–Kier alpha value is -3.42. The van der Waals surface area contributed by atoms with Gasteiger partial charge in [0.05, 0.1) is 18.1 Å².